The fourth-order valence-corrected chi connectivity index (χ4v) is 8.31. The van der Waals surface area contributed by atoms with Crippen LogP contribution < -0.4 is 5.32 Å². The number of allylic oxidation sites excluding steroid dienone is 1. The Morgan fingerprint density at radius 1 is 1.00 bits per heavy atom. The minimum atomic E-state index is -1.33. The molecular formula is C42H47N3O7. The molecule has 0 aliphatic carbocycles. The summed E-state index contributed by atoms with van der Waals surface area (Å²) in [5.41, 5.74) is 0.918. The summed E-state index contributed by atoms with van der Waals surface area (Å²) in [6, 6.07) is 25.2. The van der Waals surface area contributed by atoms with Crippen LogP contribution in [-0.2, 0) is 35.2 Å². The average molecular weight is 706 g/mol. The highest BCUT2D eigenvalue weighted by Crippen LogP contribution is 2.60. The first-order valence-electron chi connectivity index (χ1n) is 18.0. The molecule has 10 nitrogen and oxygen atoms in total. The van der Waals surface area contributed by atoms with E-state index in [-0.39, 0.29) is 31.3 Å². The molecule has 1 spiro atoms. The minimum Gasteiger partial charge on any atom is -0.455 e. The van der Waals surface area contributed by atoms with Gasteiger partial charge in [0.15, 0.2) is 0 Å². The number of carbonyl (C=O) groups excluding carboxylic acids is 4. The van der Waals surface area contributed by atoms with Gasteiger partial charge in [0.05, 0.1) is 36.6 Å². The number of aliphatic hydroxyl groups is 1. The van der Waals surface area contributed by atoms with E-state index in [1.807, 2.05) is 91.0 Å². The van der Waals surface area contributed by atoms with Gasteiger partial charge in [-0.2, -0.15) is 0 Å². The summed E-state index contributed by atoms with van der Waals surface area (Å²) in [5, 5.41) is 13.8. The quantitative estimate of drug-likeness (QED) is 0.158. The lowest BCUT2D eigenvalue weighted by atomic mass is 9.70. The minimum absolute atomic E-state index is 0.204. The van der Waals surface area contributed by atoms with Gasteiger partial charge in [0.1, 0.15) is 17.7 Å². The van der Waals surface area contributed by atoms with Gasteiger partial charge >= 0.3 is 5.97 Å². The number of benzene rings is 3. The highest BCUT2D eigenvalue weighted by molar-refractivity contribution is 5.98. The summed E-state index contributed by atoms with van der Waals surface area (Å²) in [6.07, 6.45) is 3.37. The lowest BCUT2D eigenvalue weighted by Gasteiger charge is -2.39. The van der Waals surface area contributed by atoms with E-state index in [0.717, 1.165) is 5.56 Å². The van der Waals surface area contributed by atoms with E-state index in [4.69, 9.17) is 9.47 Å². The molecule has 52 heavy (non-hydrogen) atoms. The molecule has 3 aliphatic heterocycles. The van der Waals surface area contributed by atoms with Gasteiger partial charge in [0, 0.05) is 19.5 Å². The molecule has 3 heterocycles. The zero-order valence-corrected chi connectivity index (χ0v) is 29.5. The average Bonchev–Trinajstić information content (AvgIpc) is 3.81. The number of carbonyl (C=O) groups is 4. The Labute approximate surface area is 305 Å². The van der Waals surface area contributed by atoms with Crippen LogP contribution >= 0.6 is 0 Å². The Kier molecular flexibility index (Phi) is 11.4. The first kappa shape index (κ1) is 36.7. The Morgan fingerprint density at radius 2 is 1.63 bits per heavy atom. The summed E-state index contributed by atoms with van der Waals surface area (Å²) in [4.78, 5) is 60.2. The number of nitrogens with one attached hydrogen (secondary N) is 1. The Morgan fingerprint density at radius 3 is 2.25 bits per heavy atom. The molecule has 3 saturated heterocycles. The molecule has 2 bridgehead atoms. The zero-order valence-electron chi connectivity index (χ0n) is 29.5. The molecule has 6 rings (SSSR count). The van der Waals surface area contributed by atoms with Crippen molar-refractivity contribution in [3.63, 3.8) is 0 Å². The van der Waals surface area contributed by atoms with E-state index in [0.29, 0.717) is 30.4 Å². The van der Waals surface area contributed by atoms with E-state index in [2.05, 4.69) is 18.5 Å². The number of aliphatic hydroxyl groups excluding tert-OH is 1. The molecule has 0 unspecified atom stereocenters. The van der Waals surface area contributed by atoms with Crippen molar-refractivity contribution in [1.82, 2.24) is 15.1 Å². The molecule has 3 amide bonds. The van der Waals surface area contributed by atoms with Crippen LogP contribution in [0.25, 0.3) is 0 Å². The highest BCUT2D eigenvalue weighted by Gasteiger charge is 2.76. The number of esters is 1. The maximum atomic E-state index is 14.9. The van der Waals surface area contributed by atoms with Gasteiger partial charge in [0.25, 0.3) is 0 Å². The normalized spacial score (nSPS) is 24.7. The van der Waals surface area contributed by atoms with Crippen molar-refractivity contribution in [2.75, 3.05) is 13.2 Å². The third kappa shape index (κ3) is 7.05. The Balaban J connectivity index is 1.37. The van der Waals surface area contributed by atoms with Gasteiger partial charge in [0.2, 0.25) is 17.7 Å². The molecule has 3 aromatic rings. The number of ether oxygens (including phenoxy) is 2. The molecule has 3 fully saturated rings. The predicted molar refractivity (Wildman–Crippen MR) is 195 cm³/mol. The van der Waals surface area contributed by atoms with Crippen molar-refractivity contribution in [3.8, 4) is 0 Å². The molecule has 272 valence electrons. The van der Waals surface area contributed by atoms with Crippen LogP contribution in [0.3, 0.4) is 0 Å². The number of fused-ring (bicyclic) bond motifs is 1. The second-order valence-electron chi connectivity index (χ2n) is 13.9. The van der Waals surface area contributed by atoms with Crippen LogP contribution in [-0.4, -0.2) is 75.5 Å². The van der Waals surface area contributed by atoms with Gasteiger partial charge in [-0.25, -0.2) is 0 Å². The SMILES string of the molecule is C=CCCC(=O)N[C@H](C)[C@@H](OC(=O)[C@@H]1[C@H]2C(=O)N([C@H](CO)c3ccccc3)[C@H](C(=O)N(CC=C)Cc3ccccc3)[C@]23CC[C@H]1O3)c1ccccc1. The van der Waals surface area contributed by atoms with E-state index in [1.54, 1.807) is 24.0 Å². The van der Waals surface area contributed by atoms with Crippen molar-refractivity contribution < 1.29 is 33.8 Å². The van der Waals surface area contributed by atoms with Crippen LogP contribution in [0, 0.1) is 11.8 Å². The lowest BCUT2D eigenvalue weighted by Crippen LogP contribution is -2.57. The molecule has 10 heteroatoms. The monoisotopic (exact) mass is 705 g/mol. The van der Waals surface area contributed by atoms with Crippen LogP contribution in [0.4, 0.5) is 0 Å². The number of likely N-dealkylation sites (tertiary alicyclic amines) is 1. The van der Waals surface area contributed by atoms with Gasteiger partial charge < -0.3 is 29.7 Å². The molecule has 0 radical (unpaired) electrons. The van der Waals surface area contributed by atoms with Gasteiger partial charge in [-0.1, -0.05) is 103 Å². The van der Waals surface area contributed by atoms with E-state index in [1.165, 1.54) is 4.90 Å². The van der Waals surface area contributed by atoms with Gasteiger partial charge in [-0.15, -0.1) is 13.2 Å². The van der Waals surface area contributed by atoms with Gasteiger partial charge in [-0.05, 0) is 42.9 Å². The van der Waals surface area contributed by atoms with Crippen LogP contribution in [0.1, 0.15) is 61.4 Å². The predicted octanol–water partition coefficient (Wildman–Crippen LogP) is 5.06. The fourth-order valence-electron chi connectivity index (χ4n) is 8.31. The Bertz CT molecular complexity index is 1750. The largest absolute Gasteiger partial charge is 0.455 e. The Hall–Kier alpha value is -5.06. The maximum absolute atomic E-state index is 14.9. The fraction of sp³-hybridized carbons (Fsp3) is 0.381. The molecule has 2 N–H and O–H groups in total. The first-order valence-corrected chi connectivity index (χ1v) is 18.0. The third-order valence-corrected chi connectivity index (χ3v) is 10.6. The topological polar surface area (TPSA) is 125 Å². The summed E-state index contributed by atoms with van der Waals surface area (Å²) < 4.78 is 13.0. The maximum Gasteiger partial charge on any atom is 0.313 e. The molecule has 0 saturated carbocycles. The number of amides is 3. The van der Waals surface area contributed by atoms with Crippen molar-refractivity contribution in [1.29, 1.82) is 0 Å². The second-order valence-corrected chi connectivity index (χ2v) is 13.9. The smallest absolute Gasteiger partial charge is 0.313 e. The van der Waals surface area contributed by atoms with Crippen LogP contribution in [0.5, 0.6) is 0 Å². The summed E-state index contributed by atoms with van der Waals surface area (Å²) >= 11 is 0. The number of hydrogen-bond acceptors (Lipinski definition) is 7. The van der Waals surface area contributed by atoms with Crippen LogP contribution in [0.2, 0.25) is 0 Å². The second kappa shape index (κ2) is 16.1. The summed E-state index contributed by atoms with van der Waals surface area (Å²) in [5.74, 6) is -3.65. The third-order valence-electron chi connectivity index (χ3n) is 10.6. The first-order chi connectivity index (χ1) is 25.2. The van der Waals surface area contributed by atoms with Crippen molar-refractivity contribution in [3.05, 3.63) is 133 Å². The van der Waals surface area contributed by atoms with Crippen LogP contribution in [0.15, 0.2) is 116 Å². The molecule has 8 atom stereocenters. The van der Waals surface area contributed by atoms with E-state index in [9.17, 15) is 24.3 Å². The molecular weight excluding hydrogens is 658 g/mol. The van der Waals surface area contributed by atoms with Crippen molar-refractivity contribution in [2.24, 2.45) is 11.8 Å². The van der Waals surface area contributed by atoms with E-state index < -0.39 is 66.3 Å². The standard InChI is InChI=1S/C42H47N3O7/c1-4-6-22-34(47)43-28(3)37(31-20-14-9-15-21-31)51-41(50)35-33-23-24-42(52-33)36(35)39(48)45(32(27-46)30-18-12-8-13-19-30)38(42)40(49)44(25-5-2)26-29-16-10-7-11-17-29/h4-5,7-21,28,32-33,35-38,46H,1-2,6,22-27H2,3H3,(H,43,47)/t28-,32-,33-,35+,36+,37-,38-,42+/m1/s1. The zero-order chi connectivity index (χ0) is 36.8. The highest BCUT2D eigenvalue weighted by atomic mass is 16.6. The lowest BCUT2D eigenvalue weighted by molar-refractivity contribution is -0.162. The number of nitrogens with zero attached hydrogens (tertiary/aromatic N) is 2. The number of rotatable bonds is 16. The molecule has 3 aromatic carbocycles. The number of hydrogen-bond donors (Lipinski definition) is 2. The summed E-state index contributed by atoms with van der Waals surface area (Å²) in [6.45, 7) is 9.40. The van der Waals surface area contributed by atoms with Crippen molar-refractivity contribution >= 4 is 23.7 Å². The summed E-state index contributed by atoms with van der Waals surface area (Å²) in [7, 11) is 0. The van der Waals surface area contributed by atoms with E-state index >= 15 is 0 Å². The van der Waals surface area contributed by atoms with Crippen molar-refractivity contribution in [2.45, 2.75) is 75.1 Å². The molecule has 3 aliphatic rings. The molecule has 0 aromatic heterocycles. The van der Waals surface area contributed by atoms with Gasteiger partial charge in [-0.3, -0.25) is 19.2 Å².